The molecule has 6 nitrogen and oxygen atoms in total. The van der Waals surface area contributed by atoms with Crippen molar-refractivity contribution < 1.29 is 9.53 Å². The summed E-state index contributed by atoms with van der Waals surface area (Å²) in [5.41, 5.74) is 1.38. The topological polar surface area (TPSA) is 59.4 Å². The summed E-state index contributed by atoms with van der Waals surface area (Å²) in [6, 6.07) is 13.7. The number of anilines is 1. The first-order chi connectivity index (χ1) is 12.8. The molecule has 1 aromatic heterocycles. The van der Waals surface area contributed by atoms with Crippen LogP contribution in [0, 0.1) is 0 Å². The van der Waals surface area contributed by atoms with Gasteiger partial charge in [0.15, 0.2) is 0 Å². The molecule has 1 saturated heterocycles. The quantitative estimate of drug-likeness (QED) is 0.768. The van der Waals surface area contributed by atoms with Gasteiger partial charge in [-0.25, -0.2) is 0 Å². The summed E-state index contributed by atoms with van der Waals surface area (Å²) in [6.45, 7) is 5.25. The lowest BCUT2D eigenvalue weighted by atomic mass is 10.0. The maximum atomic E-state index is 12.7. The molecule has 1 amide bonds. The molecule has 2 aromatic carbocycles. The Kier molecular flexibility index (Phi) is 4.95. The van der Waals surface area contributed by atoms with Crippen LogP contribution in [-0.2, 0) is 11.3 Å². The number of amides is 1. The van der Waals surface area contributed by atoms with E-state index < -0.39 is 0 Å². The first-order valence-electron chi connectivity index (χ1n) is 8.91. The first-order valence-corrected chi connectivity index (χ1v) is 8.91. The minimum absolute atomic E-state index is 0.116. The van der Waals surface area contributed by atoms with E-state index in [9.17, 15) is 4.79 Å². The maximum Gasteiger partial charge on any atom is 0.256 e. The monoisotopic (exact) mass is 350 g/mol. The van der Waals surface area contributed by atoms with Crippen LogP contribution in [0.4, 0.5) is 5.69 Å². The fraction of sp³-hybridized carbons (Fsp3) is 0.300. The van der Waals surface area contributed by atoms with Crippen LogP contribution in [0.15, 0.2) is 54.9 Å². The standard InChI is InChI=1S/C20H22N4O2/c25-20(19-7-3-5-16-4-1-2-6-18(16)19)22-17-14-21-24(15-17)9-8-23-10-12-26-13-11-23/h1-7,14-15H,8-13H2,(H,22,25). The molecule has 0 atom stereocenters. The number of rotatable bonds is 5. The Hall–Kier alpha value is -2.70. The number of nitrogens with one attached hydrogen (secondary N) is 1. The summed E-state index contributed by atoms with van der Waals surface area (Å²) in [5, 5.41) is 9.31. The Bertz CT molecular complexity index is 894. The van der Waals surface area contributed by atoms with E-state index in [4.69, 9.17) is 4.74 Å². The summed E-state index contributed by atoms with van der Waals surface area (Å²) in [4.78, 5) is 15.0. The molecular weight excluding hydrogens is 328 g/mol. The Morgan fingerprint density at radius 1 is 1.08 bits per heavy atom. The SMILES string of the molecule is O=C(Nc1cnn(CCN2CCOCC2)c1)c1cccc2ccccc12. The highest BCUT2D eigenvalue weighted by Crippen LogP contribution is 2.19. The van der Waals surface area contributed by atoms with Crippen LogP contribution in [0.5, 0.6) is 0 Å². The molecule has 0 aliphatic carbocycles. The molecule has 0 unspecified atom stereocenters. The van der Waals surface area contributed by atoms with Gasteiger partial charge in [0.1, 0.15) is 0 Å². The number of nitrogens with zero attached hydrogens (tertiary/aromatic N) is 3. The minimum atomic E-state index is -0.116. The normalized spacial score (nSPS) is 15.2. The summed E-state index contributed by atoms with van der Waals surface area (Å²) in [7, 11) is 0. The molecule has 26 heavy (non-hydrogen) atoms. The van der Waals surface area contributed by atoms with E-state index in [2.05, 4.69) is 15.3 Å². The predicted molar refractivity (Wildman–Crippen MR) is 101 cm³/mol. The third-order valence-electron chi connectivity index (χ3n) is 4.67. The van der Waals surface area contributed by atoms with Crippen LogP contribution < -0.4 is 5.32 Å². The van der Waals surface area contributed by atoms with Crippen LogP contribution in [0.2, 0.25) is 0 Å². The summed E-state index contributed by atoms with van der Waals surface area (Å²) >= 11 is 0. The van der Waals surface area contributed by atoms with Gasteiger partial charge in [-0.3, -0.25) is 14.4 Å². The number of carbonyl (C=O) groups is 1. The lowest BCUT2D eigenvalue weighted by molar-refractivity contribution is 0.0360. The average molecular weight is 350 g/mol. The van der Waals surface area contributed by atoms with E-state index in [1.54, 1.807) is 6.20 Å². The van der Waals surface area contributed by atoms with Gasteiger partial charge >= 0.3 is 0 Å². The smallest absolute Gasteiger partial charge is 0.256 e. The van der Waals surface area contributed by atoms with Crippen LogP contribution in [0.3, 0.4) is 0 Å². The molecule has 1 N–H and O–H groups in total. The molecule has 2 heterocycles. The molecular formula is C20H22N4O2. The lowest BCUT2D eigenvalue weighted by Gasteiger charge is -2.26. The molecule has 134 valence electrons. The largest absolute Gasteiger partial charge is 0.379 e. The maximum absolute atomic E-state index is 12.7. The highest BCUT2D eigenvalue weighted by molar-refractivity contribution is 6.12. The van der Waals surface area contributed by atoms with Gasteiger partial charge in [0, 0.05) is 31.4 Å². The van der Waals surface area contributed by atoms with Crippen molar-refractivity contribution in [1.82, 2.24) is 14.7 Å². The van der Waals surface area contributed by atoms with Crippen molar-refractivity contribution in [2.75, 3.05) is 38.2 Å². The Labute approximate surface area is 152 Å². The summed E-state index contributed by atoms with van der Waals surface area (Å²) < 4.78 is 7.23. The van der Waals surface area contributed by atoms with E-state index in [1.165, 1.54) is 0 Å². The van der Waals surface area contributed by atoms with Crippen LogP contribution in [-0.4, -0.2) is 53.4 Å². The number of carbonyl (C=O) groups excluding carboxylic acids is 1. The van der Waals surface area contributed by atoms with Gasteiger partial charge in [-0.1, -0.05) is 36.4 Å². The molecule has 6 heteroatoms. The van der Waals surface area contributed by atoms with Crippen molar-refractivity contribution in [2.24, 2.45) is 0 Å². The number of aromatic nitrogens is 2. The van der Waals surface area contributed by atoms with Crippen molar-refractivity contribution in [3.8, 4) is 0 Å². The second-order valence-corrected chi connectivity index (χ2v) is 6.43. The van der Waals surface area contributed by atoms with Crippen molar-refractivity contribution in [3.63, 3.8) is 0 Å². The van der Waals surface area contributed by atoms with Crippen LogP contribution >= 0.6 is 0 Å². The fourth-order valence-corrected chi connectivity index (χ4v) is 3.24. The van der Waals surface area contributed by atoms with Crippen LogP contribution in [0.25, 0.3) is 10.8 Å². The van der Waals surface area contributed by atoms with Crippen molar-refractivity contribution >= 4 is 22.4 Å². The van der Waals surface area contributed by atoms with Crippen molar-refractivity contribution in [2.45, 2.75) is 6.54 Å². The molecule has 0 bridgehead atoms. The Balaban J connectivity index is 1.41. The lowest BCUT2D eigenvalue weighted by Crippen LogP contribution is -2.38. The summed E-state index contributed by atoms with van der Waals surface area (Å²) in [6.07, 6.45) is 3.58. The summed E-state index contributed by atoms with van der Waals surface area (Å²) in [5.74, 6) is -0.116. The van der Waals surface area contributed by atoms with Gasteiger partial charge < -0.3 is 10.1 Å². The van der Waals surface area contributed by atoms with E-state index >= 15 is 0 Å². The molecule has 0 saturated carbocycles. The second kappa shape index (κ2) is 7.68. The molecule has 4 rings (SSSR count). The van der Waals surface area contributed by atoms with Gasteiger partial charge in [0.05, 0.1) is 31.6 Å². The first kappa shape index (κ1) is 16.8. The number of hydrogen-bond donors (Lipinski definition) is 1. The number of morpholine rings is 1. The van der Waals surface area contributed by atoms with Crippen LogP contribution in [0.1, 0.15) is 10.4 Å². The highest BCUT2D eigenvalue weighted by atomic mass is 16.5. The zero-order valence-electron chi connectivity index (χ0n) is 14.6. The van der Waals surface area contributed by atoms with Gasteiger partial charge in [-0.15, -0.1) is 0 Å². The number of hydrogen-bond acceptors (Lipinski definition) is 4. The predicted octanol–water partition coefficient (Wildman–Crippen LogP) is 2.62. The zero-order valence-corrected chi connectivity index (χ0v) is 14.6. The molecule has 0 spiro atoms. The van der Waals surface area contributed by atoms with Gasteiger partial charge in [0.2, 0.25) is 0 Å². The number of benzene rings is 2. The van der Waals surface area contributed by atoms with Gasteiger partial charge in [-0.2, -0.15) is 5.10 Å². The van der Waals surface area contributed by atoms with Gasteiger partial charge in [-0.05, 0) is 16.8 Å². The fourth-order valence-electron chi connectivity index (χ4n) is 3.24. The molecule has 3 aromatic rings. The Morgan fingerprint density at radius 3 is 2.77 bits per heavy atom. The number of ether oxygens (including phenoxy) is 1. The van der Waals surface area contributed by atoms with E-state index in [1.807, 2.05) is 53.3 Å². The average Bonchev–Trinajstić information content (AvgIpc) is 3.14. The molecule has 1 aliphatic rings. The third-order valence-corrected chi connectivity index (χ3v) is 4.67. The van der Waals surface area contributed by atoms with E-state index in [-0.39, 0.29) is 5.91 Å². The second-order valence-electron chi connectivity index (χ2n) is 6.43. The third kappa shape index (κ3) is 3.76. The molecule has 1 fully saturated rings. The van der Waals surface area contributed by atoms with E-state index in [0.29, 0.717) is 11.3 Å². The minimum Gasteiger partial charge on any atom is -0.379 e. The molecule has 0 radical (unpaired) electrons. The Morgan fingerprint density at radius 2 is 1.88 bits per heavy atom. The van der Waals surface area contributed by atoms with E-state index in [0.717, 1.165) is 50.2 Å². The number of fused-ring (bicyclic) bond motifs is 1. The highest BCUT2D eigenvalue weighted by Gasteiger charge is 2.12. The van der Waals surface area contributed by atoms with Gasteiger partial charge in [0.25, 0.3) is 5.91 Å². The van der Waals surface area contributed by atoms with Crippen molar-refractivity contribution in [1.29, 1.82) is 0 Å². The molecule has 1 aliphatic heterocycles. The van der Waals surface area contributed by atoms with Crippen molar-refractivity contribution in [3.05, 3.63) is 60.4 Å². The zero-order chi connectivity index (χ0) is 17.8.